The second-order valence-electron chi connectivity index (χ2n) is 5.47. The molecule has 0 saturated carbocycles. The molecule has 1 N–H and O–H groups in total. The van der Waals surface area contributed by atoms with Gasteiger partial charge < -0.3 is 14.9 Å². The molecule has 0 aromatic carbocycles. The Labute approximate surface area is 112 Å². The lowest BCUT2D eigenvalue weighted by Crippen LogP contribution is -2.57. The predicted molar refractivity (Wildman–Crippen MR) is 70.9 cm³/mol. The quantitative estimate of drug-likeness (QED) is 0.785. The Morgan fingerprint density at radius 1 is 1.33 bits per heavy atom. The van der Waals surface area contributed by atoms with Crippen LogP contribution in [-0.4, -0.2) is 63.1 Å². The smallest absolute Gasteiger partial charge is 0.327 e. The third-order valence-electron chi connectivity index (χ3n) is 3.79. The summed E-state index contributed by atoms with van der Waals surface area (Å²) < 4.78 is 0. The van der Waals surface area contributed by atoms with Gasteiger partial charge in [0.1, 0.15) is 6.04 Å². The van der Waals surface area contributed by atoms with Crippen molar-refractivity contribution in [3.8, 4) is 0 Å². The molecule has 18 heavy (non-hydrogen) atoms. The molecule has 0 aliphatic carbocycles. The Bertz CT molecular complexity index is 359. The lowest BCUT2D eigenvalue weighted by atomic mass is 10.0. The molecule has 0 spiro atoms. The van der Waals surface area contributed by atoms with Crippen LogP contribution >= 0.6 is 11.8 Å². The first-order valence-corrected chi connectivity index (χ1v) is 7.48. The molecule has 2 fully saturated rings. The van der Waals surface area contributed by atoms with Crippen molar-refractivity contribution in [3.63, 3.8) is 0 Å². The first kappa shape index (κ1) is 13.5. The van der Waals surface area contributed by atoms with E-state index in [1.54, 1.807) is 11.8 Å². The average molecular weight is 272 g/mol. The van der Waals surface area contributed by atoms with Gasteiger partial charge in [-0.25, -0.2) is 9.59 Å². The molecule has 0 aromatic heterocycles. The van der Waals surface area contributed by atoms with Gasteiger partial charge in [-0.2, -0.15) is 11.8 Å². The number of thioether (sulfide) groups is 1. The van der Waals surface area contributed by atoms with Crippen molar-refractivity contribution >= 4 is 23.8 Å². The van der Waals surface area contributed by atoms with E-state index >= 15 is 0 Å². The van der Waals surface area contributed by atoms with Gasteiger partial charge in [-0.3, -0.25) is 0 Å². The number of hydrogen-bond donors (Lipinski definition) is 1. The van der Waals surface area contributed by atoms with E-state index in [2.05, 4.69) is 0 Å². The maximum Gasteiger partial charge on any atom is 0.327 e. The highest BCUT2D eigenvalue weighted by Crippen LogP contribution is 2.30. The van der Waals surface area contributed by atoms with Crippen LogP contribution in [0, 0.1) is 0 Å². The summed E-state index contributed by atoms with van der Waals surface area (Å²) in [5, 5.41) is 9.20. The summed E-state index contributed by atoms with van der Waals surface area (Å²) in [5.74, 6) is 0.423. The standard InChI is InChI=1S/C12H20N2O3S/c1-12(2)4-3-5-14(12)11(17)13-6-7-18-8-9(13)10(15)16/h9H,3-8H2,1-2H3,(H,15,16). The fourth-order valence-electron chi connectivity index (χ4n) is 2.65. The van der Waals surface area contributed by atoms with Crippen LogP contribution in [0.15, 0.2) is 0 Å². The van der Waals surface area contributed by atoms with Crippen LogP contribution in [0.1, 0.15) is 26.7 Å². The molecule has 1 unspecified atom stereocenters. The van der Waals surface area contributed by atoms with Crippen LogP contribution in [0.3, 0.4) is 0 Å². The van der Waals surface area contributed by atoms with Gasteiger partial charge in [0.2, 0.25) is 0 Å². The van der Waals surface area contributed by atoms with Gasteiger partial charge in [0.25, 0.3) is 0 Å². The maximum absolute atomic E-state index is 12.5. The fraction of sp³-hybridized carbons (Fsp3) is 0.833. The van der Waals surface area contributed by atoms with Crippen molar-refractivity contribution in [1.29, 1.82) is 0 Å². The van der Waals surface area contributed by atoms with E-state index in [0.717, 1.165) is 25.1 Å². The molecule has 0 radical (unpaired) electrons. The molecule has 6 heteroatoms. The second-order valence-corrected chi connectivity index (χ2v) is 6.62. The molecule has 2 amide bonds. The Kier molecular flexibility index (Phi) is 3.75. The molecule has 2 aliphatic heterocycles. The minimum atomic E-state index is -0.896. The van der Waals surface area contributed by atoms with E-state index in [1.807, 2.05) is 18.7 Å². The zero-order chi connectivity index (χ0) is 13.3. The lowest BCUT2D eigenvalue weighted by Gasteiger charge is -2.40. The van der Waals surface area contributed by atoms with Crippen molar-refractivity contribution in [1.82, 2.24) is 9.80 Å². The number of urea groups is 1. The van der Waals surface area contributed by atoms with Crippen molar-refractivity contribution < 1.29 is 14.7 Å². The number of carbonyl (C=O) groups is 2. The van der Waals surface area contributed by atoms with Crippen molar-refractivity contribution in [3.05, 3.63) is 0 Å². The molecule has 2 saturated heterocycles. The van der Waals surface area contributed by atoms with Gasteiger partial charge in [0.05, 0.1) is 0 Å². The van der Waals surface area contributed by atoms with Gasteiger partial charge in [0, 0.05) is 30.1 Å². The highest BCUT2D eigenvalue weighted by molar-refractivity contribution is 7.99. The number of carboxylic acid groups (broad SMARTS) is 1. The number of carboxylic acids is 1. The largest absolute Gasteiger partial charge is 0.480 e. The Hall–Kier alpha value is -0.910. The third-order valence-corrected chi connectivity index (χ3v) is 4.81. The van der Waals surface area contributed by atoms with Crippen LogP contribution in [-0.2, 0) is 4.79 Å². The van der Waals surface area contributed by atoms with Crippen LogP contribution in [0.4, 0.5) is 4.79 Å². The lowest BCUT2D eigenvalue weighted by molar-refractivity contribution is -0.141. The second kappa shape index (κ2) is 4.99. The maximum atomic E-state index is 12.5. The third kappa shape index (κ3) is 2.43. The molecule has 0 bridgehead atoms. The number of rotatable bonds is 1. The highest BCUT2D eigenvalue weighted by atomic mass is 32.2. The number of nitrogens with zero attached hydrogens (tertiary/aromatic N) is 2. The van der Waals surface area contributed by atoms with E-state index < -0.39 is 12.0 Å². The van der Waals surface area contributed by atoms with E-state index in [9.17, 15) is 14.7 Å². The first-order chi connectivity index (χ1) is 8.43. The zero-order valence-corrected chi connectivity index (χ0v) is 11.7. The average Bonchev–Trinajstić information content (AvgIpc) is 2.68. The summed E-state index contributed by atoms with van der Waals surface area (Å²) in [6.07, 6.45) is 1.98. The summed E-state index contributed by atoms with van der Waals surface area (Å²) in [4.78, 5) is 27.1. The monoisotopic (exact) mass is 272 g/mol. The van der Waals surface area contributed by atoms with E-state index in [0.29, 0.717) is 12.3 Å². The molecular weight excluding hydrogens is 252 g/mol. The summed E-state index contributed by atoms with van der Waals surface area (Å²) in [6.45, 7) is 5.37. The Balaban J connectivity index is 2.13. The summed E-state index contributed by atoms with van der Waals surface area (Å²) in [5.41, 5.74) is -0.148. The van der Waals surface area contributed by atoms with Crippen LogP contribution in [0.5, 0.6) is 0 Å². The number of likely N-dealkylation sites (tertiary alicyclic amines) is 1. The molecule has 2 rings (SSSR count). The molecule has 1 atom stereocenters. The van der Waals surface area contributed by atoms with Gasteiger partial charge in [-0.15, -0.1) is 0 Å². The minimum absolute atomic E-state index is 0.106. The minimum Gasteiger partial charge on any atom is -0.480 e. The van der Waals surface area contributed by atoms with Gasteiger partial charge in [-0.05, 0) is 26.7 Å². The molecule has 2 heterocycles. The number of amides is 2. The zero-order valence-electron chi connectivity index (χ0n) is 10.9. The molecule has 2 aliphatic rings. The SMILES string of the molecule is CC1(C)CCCN1C(=O)N1CCSCC1C(=O)O. The van der Waals surface area contributed by atoms with E-state index in [1.165, 1.54) is 4.90 Å². The number of aliphatic carboxylic acids is 1. The molecule has 0 aromatic rings. The normalized spacial score (nSPS) is 27.3. The van der Waals surface area contributed by atoms with E-state index in [-0.39, 0.29) is 11.6 Å². The topological polar surface area (TPSA) is 60.9 Å². The molecule has 5 nitrogen and oxygen atoms in total. The van der Waals surface area contributed by atoms with Crippen LogP contribution in [0.25, 0.3) is 0 Å². The Morgan fingerprint density at radius 2 is 2.06 bits per heavy atom. The van der Waals surface area contributed by atoms with Crippen molar-refractivity contribution in [2.45, 2.75) is 38.3 Å². The van der Waals surface area contributed by atoms with Gasteiger partial charge in [0.15, 0.2) is 0 Å². The van der Waals surface area contributed by atoms with Gasteiger partial charge in [-0.1, -0.05) is 0 Å². The summed E-state index contributed by atoms with van der Waals surface area (Å²) in [7, 11) is 0. The number of carbonyl (C=O) groups excluding carboxylic acids is 1. The van der Waals surface area contributed by atoms with Gasteiger partial charge >= 0.3 is 12.0 Å². The van der Waals surface area contributed by atoms with Crippen molar-refractivity contribution in [2.24, 2.45) is 0 Å². The predicted octanol–water partition coefficient (Wildman–Crippen LogP) is 1.48. The van der Waals surface area contributed by atoms with E-state index in [4.69, 9.17) is 0 Å². The van der Waals surface area contributed by atoms with Crippen molar-refractivity contribution in [2.75, 3.05) is 24.6 Å². The highest BCUT2D eigenvalue weighted by Gasteiger charge is 2.41. The van der Waals surface area contributed by atoms with Crippen LogP contribution < -0.4 is 0 Å². The first-order valence-electron chi connectivity index (χ1n) is 6.32. The molecule has 102 valence electrons. The summed E-state index contributed by atoms with van der Waals surface area (Å²) in [6, 6.07) is -0.780. The Morgan fingerprint density at radius 3 is 2.61 bits per heavy atom. The number of hydrogen-bond acceptors (Lipinski definition) is 3. The fourth-order valence-corrected chi connectivity index (χ4v) is 3.69. The van der Waals surface area contributed by atoms with Crippen LogP contribution in [0.2, 0.25) is 0 Å². The molecular formula is C12H20N2O3S. The summed E-state index contributed by atoms with van der Waals surface area (Å²) >= 11 is 1.60.